The lowest BCUT2D eigenvalue weighted by molar-refractivity contribution is -0.130. The van der Waals surface area contributed by atoms with Crippen LogP contribution in [0.1, 0.15) is 29.3 Å². The van der Waals surface area contributed by atoms with E-state index in [-0.39, 0.29) is 17.5 Å². The van der Waals surface area contributed by atoms with Crippen molar-refractivity contribution >= 4 is 46.0 Å². The Morgan fingerprint density at radius 3 is 2.57 bits per heavy atom. The van der Waals surface area contributed by atoms with Crippen molar-refractivity contribution in [2.24, 2.45) is 4.99 Å². The van der Waals surface area contributed by atoms with E-state index in [1.165, 1.54) is 23.2 Å². The number of benzene rings is 2. The Labute approximate surface area is 178 Å². The number of para-hydroxylation sites is 1. The van der Waals surface area contributed by atoms with Crippen LogP contribution in [0.5, 0.6) is 0 Å². The number of hydrogen-bond donors (Lipinski definition) is 0. The van der Waals surface area contributed by atoms with Crippen LogP contribution < -0.4 is 4.90 Å². The van der Waals surface area contributed by atoms with Crippen LogP contribution >= 0.6 is 11.3 Å². The minimum atomic E-state index is -0.524. The number of aliphatic imine (C=N–C) groups is 1. The molecule has 150 valence electrons. The molecule has 1 amide bonds. The first-order chi connectivity index (χ1) is 14.4. The van der Waals surface area contributed by atoms with Gasteiger partial charge in [0.25, 0.3) is 0 Å². The number of carbonyl (C=O) groups is 2. The van der Waals surface area contributed by atoms with E-state index in [0.29, 0.717) is 10.8 Å². The number of thiazole rings is 1. The van der Waals surface area contributed by atoms with Crippen molar-refractivity contribution in [3.63, 3.8) is 0 Å². The van der Waals surface area contributed by atoms with E-state index in [2.05, 4.69) is 9.98 Å². The highest BCUT2D eigenvalue weighted by Gasteiger charge is 2.25. The number of carbonyl (C=O) groups excluding carboxylic acids is 2. The highest BCUT2D eigenvalue weighted by Crippen LogP contribution is 2.30. The normalized spacial score (nSPS) is 14.6. The number of hydrogen-bond acceptors (Lipinski definition) is 6. The second kappa shape index (κ2) is 8.04. The molecular weight excluding hydrogens is 398 g/mol. The zero-order valence-electron chi connectivity index (χ0n) is 16.7. The van der Waals surface area contributed by atoms with E-state index in [1.54, 1.807) is 11.5 Å². The maximum Gasteiger partial charge on any atom is 0.363 e. The molecule has 3 aromatic rings. The van der Waals surface area contributed by atoms with Crippen molar-refractivity contribution < 1.29 is 14.3 Å². The number of amides is 1. The average Bonchev–Trinajstić information content (AvgIpc) is 3.32. The lowest BCUT2D eigenvalue weighted by atomic mass is 10.1. The smallest absolute Gasteiger partial charge is 0.363 e. The molecule has 0 atom stereocenters. The highest BCUT2D eigenvalue weighted by atomic mass is 32.1. The van der Waals surface area contributed by atoms with Crippen LogP contribution in [0.4, 0.5) is 10.8 Å². The summed E-state index contributed by atoms with van der Waals surface area (Å²) in [7, 11) is 0. The monoisotopic (exact) mass is 417 g/mol. The van der Waals surface area contributed by atoms with Gasteiger partial charge in [-0.3, -0.25) is 9.69 Å². The van der Waals surface area contributed by atoms with Gasteiger partial charge in [0.05, 0.1) is 11.4 Å². The van der Waals surface area contributed by atoms with Crippen molar-refractivity contribution in [3.05, 3.63) is 82.0 Å². The Balaban J connectivity index is 1.63. The van der Waals surface area contributed by atoms with Gasteiger partial charge in [-0.2, -0.15) is 0 Å². The molecule has 0 bridgehead atoms. The second-order valence-corrected chi connectivity index (χ2v) is 7.72. The van der Waals surface area contributed by atoms with Gasteiger partial charge in [-0.05, 0) is 55.3 Å². The molecule has 1 aliphatic heterocycles. The molecule has 2 aromatic carbocycles. The van der Waals surface area contributed by atoms with Crippen molar-refractivity contribution in [2.75, 3.05) is 4.90 Å². The van der Waals surface area contributed by atoms with Crippen LogP contribution in [0, 0.1) is 13.8 Å². The Kier molecular flexibility index (Phi) is 5.29. The summed E-state index contributed by atoms with van der Waals surface area (Å²) in [4.78, 5) is 34.8. The van der Waals surface area contributed by atoms with Crippen molar-refractivity contribution in [1.82, 2.24) is 4.98 Å². The van der Waals surface area contributed by atoms with E-state index < -0.39 is 5.97 Å². The first-order valence-corrected chi connectivity index (χ1v) is 10.2. The number of anilines is 2. The Bertz CT molecular complexity index is 1200. The Morgan fingerprint density at radius 1 is 1.10 bits per heavy atom. The van der Waals surface area contributed by atoms with Crippen molar-refractivity contribution in [1.29, 1.82) is 0 Å². The fourth-order valence-corrected chi connectivity index (χ4v) is 3.84. The third-order valence-electron chi connectivity index (χ3n) is 4.69. The van der Waals surface area contributed by atoms with Crippen LogP contribution in [0.2, 0.25) is 0 Å². The molecule has 6 nitrogen and oxygen atoms in total. The standard InChI is InChI=1S/C23H19N3O3S/c1-14-9-10-17(11-15(14)2)21-25-20(22(28)29-21)12-18-13-30-23(24-18)26(16(3)27)19-7-5-4-6-8-19/h4-13H,1-3H3/b20-12+. The number of aromatic nitrogens is 1. The number of rotatable bonds is 4. The summed E-state index contributed by atoms with van der Waals surface area (Å²) >= 11 is 1.31. The van der Waals surface area contributed by atoms with Crippen LogP contribution in [0.15, 0.2) is 64.6 Å². The molecule has 4 rings (SSSR count). The van der Waals surface area contributed by atoms with Gasteiger partial charge in [-0.25, -0.2) is 14.8 Å². The van der Waals surface area contributed by atoms with Gasteiger partial charge >= 0.3 is 5.97 Å². The highest BCUT2D eigenvalue weighted by molar-refractivity contribution is 7.14. The first-order valence-electron chi connectivity index (χ1n) is 9.34. The van der Waals surface area contributed by atoms with Crippen LogP contribution in [0.3, 0.4) is 0 Å². The maximum absolute atomic E-state index is 12.3. The van der Waals surface area contributed by atoms with Crippen molar-refractivity contribution in [2.45, 2.75) is 20.8 Å². The minimum absolute atomic E-state index is 0.148. The predicted molar refractivity (Wildman–Crippen MR) is 118 cm³/mol. The van der Waals surface area contributed by atoms with Gasteiger partial charge in [0.2, 0.25) is 11.8 Å². The average molecular weight is 417 g/mol. The van der Waals surface area contributed by atoms with Crippen LogP contribution in [-0.4, -0.2) is 22.8 Å². The molecule has 0 saturated carbocycles. The topological polar surface area (TPSA) is 71.9 Å². The molecule has 0 aliphatic carbocycles. The SMILES string of the molecule is CC(=O)N(c1ccccc1)c1nc(/C=C2/N=C(c3ccc(C)c(C)c3)OC2=O)cs1. The van der Waals surface area contributed by atoms with Gasteiger partial charge in [-0.15, -0.1) is 11.3 Å². The van der Waals surface area contributed by atoms with Crippen molar-refractivity contribution in [3.8, 4) is 0 Å². The predicted octanol–water partition coefficient (Wildman–Crippen LogP) is 4.79. The molecule has 1 aliphatic rings. The summed E-state index contributed by atoms with van der Waals surface area (Å²) in [5.41, 5.74) is 4.44. The van der Waals surface area contributed by atoms with Crippen LogP contribution in [-0.2, 0) is 14.3 Å². The van der Waals surface area contributed by atoms with E-state index in [1.807, 2.05) is 62.4 Å². The second-order valence-electron chi connectivity index (χ2n) is 6.88. The minimum Gasteiger partial charge on any atom is -0.402 e. The van der Waals surface area contributed by atoms with E-state index in [4.69, 9.17) is 4.74 Å². The van der Waals surface area contributed by atoms with E-state index in [9.17, 15) is 9.59 Å². The Hall–Kier alpha value is -3.58. The van der Waals surface area contributed by atoms with Gasteiger partial charge in [0.1, 0.15) is 0 Å². The number of esters is 1. The fraction of sp³-hybridized carbons (Fsp3) is 0.130. The first kappa shape index (κ1) is 19.7. The maximum atomic E-state index is 12.3. The molecule has 0 N–H and O–H groups in total. The molecule has 7 heteroatoms. The van der Waals surface area contributed by atoms with Gasteiger partial charge in [-0.1, -0.05) is 24.3 Å². The third kappa shape index (κ3) is 3.92. The number of nitrogens with zero attached hydrogens (tertiary/aromatic N) is 3. The molecule has 2 heterocycles. The molecule has 1 aromatic heterocycles. The van der Waals surface area contributed by atoms with Crippen LogP contribution in [0.25, 0.3) is 6.08 Å². The summed E-state index contributed by atoms with van der Waals surface area (Å²) < 4.78 is 5.34. The largest absolute Gasteiger partial charge is 0.402 e. The number of cyclic esters (lactones) is 1. The van der Waals surface area contributed by atoms with E-state index in [0.717, 1.165) is 22.4 Å². The molecular formula is C23H19N3O3S. The quantitative estimate of drug-likeness (QED) is 0.452. The third-order valence-corrected chi connectivity index (χ3v) is 5.53. The molecule has 0 unspecified atom stereocenters. The zero-order chi connectivity index (χ0) is 21.3. The summed E-state index contributed by atoms with van der Waals surface area (Å²) in [6.07, 6.45) is 1.57. The van der Waals surface area contributed by atoms with E-state index >= 15 is 0 Å². The summed E-state index contributed by atoms with van der Waals surface area (Å²) in [6, 6.07) is 15.1. The van der Waals surface area contributed by atoms with Gasteiger partial charge in [0.15, 0.2) is 10.8 Å². The van der Waals surface area contributed by atoms with Gasteiger partial charge < -0.3 is 4.74 Å². The number of aryl methyl sites for hydroxylation is 2. The molecule has 0 fully saturated rings. The van der Waals surface area contributed by atoms with Gasteiger partial charge in [0, 0.05) is 17.9 Å². The molecule has 0 spiro atoms. The lowest BCUT2D eigenvalue weighted by Crippen LogP contribution is -2.22. The summed E-state index contributed by atoms with van der Waals surface area (Å²) in [5, 5.41) is 2.29. The number of ether oxygens (including phenoxy) is 1. The Morgan fingerprint density at radius 2 is 1.87 bits per heavy atom. The fourth-order valence-electron chi connectivity index (χ4n) is 3.00. The molecule has 0 saturated heterocycles. The lowest BCUT2D eigenvalue weighted by Gasteiger charge is -2.17. The summed E-state index contributed by atoms with van der Waals surface area (Å²) in [6.45, 7) is 5.50. The molecule has 0 radical (unpaired) electrons. The zero-order valence-corrected chi connectivity index (χ0v) is 17.6. The molecule has 30 heavy (non-hydrogen) atoms. The summed E-state index contributed by atoms with van der Waals surface area (Å²) in [5.74, 6) is -0.395.